The summed E-state index contributed by atoms with van der Waals surface area (Å²) in [7, 11) is 0. The fourth-order valence-electron chi connectivity index (χ4n) is 8.77. The van der Waals surface area contributed by atoms with Crippen LogP contribution in [0.5, 0.6) is 0 Å². The van der Waals surface area contributed by atoms with E-state index in [1.54, 1.807) is 0 Å². The van der Waals surface area contributed by atoms with Crippen molar-refractivity contribution in [2.75, 3.05) is 0 Å². The molecular weight excluding hydrogens is 629 g/mol. The largest absolute Gasteiger partial charge is 0.309 e. The van der Waals surface area contributed by atoms with E-state index in [0.29, 0.717) is 0 Å². The maximum Gasteiger partial charge on any atom is 0.0619 e. The number of hydrogen-bond acceptors (Lipinski definition) is 0. The van der Waals surface area contributed by atoms with Crippen molar-refractivity contribution in [2.45, 2.75) is 26.7 Å². The van der Waals surface area contributed by atoms with Gasteiger partial charge in [-0.25, -0.2) is 0 Å². The minimum absolute atomic E-state index is 1.05. The second kappa shape index (κ2) is 12.1. The van der Waals surface area contributed by atoms with Crippen molar-refractivity contribution < 1.29 is 0 Å². The van der Waals surface area contributed by atoms with Crippen LogP contribution in [0.15, 0.2) is 170 Å². The summed E-state index contributed by atoms with van der Waals surface area (Å²) in [6.45, 7) is 4.00. The molecule has 2 aromatic heterocycles. The van der Waals surface area contributed by atoms with Crippen molar-refractivity contribution in [3.8, 4) is 44.8 Å². The van der Waals surface area contributed by atoms with Crippen LogP contribution in [0, 0.1) is 0 Å². The van der Waals surface area contributed by atoms with Gasteiger partial charge in [0, 0.05) is 38.4 Å². The Labute approximate surface area is 304 Å². The van der Waals surface area contributed by atoms with Crippen molar-refractivity contribution in [2.24, 2.45) is 0 Å². The lowest BCUT2D eigenvalue weighted by atomic mass is 9.91. The van der Waals surface area contributed by atoms with Crippen LogP contribution >= 0.6 is 0 Å². The van der Waals surface area contributed by atoms with E-state index in [1.807, 2.05) is 13.8 Å². The molecule has 0 fully saturated rings. The molecular formula is C50H38N2. The molecule has 7 aromatic carbocycles. The molecule has 3 heterocycles. The van der Waals surface area contributed by atoms with Crippen LogP contribution in [0.3, 0.4) is 0 Å². The van der Waals surface area contributed by atoms with Gasteiger partial charge < -0.3 is 9.13 Å². The summed E-state index contributed by atoms with van der Waals surface area (Å²) >= 11 is 0. The molecule has 0 saturated carbocycles. The predicted molar refractivity (Wildman–Crippen MR) is 223 cm³/mol. The summed E-state index contributed by atoms with van der Waals surface area (Å²) in [6.07, 6.45) is 8.88. The first-order valence-electron chi connectivity index (χ1n) is 18.6. The maximum absolute atomic E-state index is 2.53. The number of para-hydroxylation sites is 3. The van der Waals surface area contributed by atoms with Crippen LogP contribution in [0.2, 0.25) is 0 Å². The molecule has 1 aliphatic heterocycles. The molecule has 11 rings (SSSR count). The SMILES string of the molecule is C1=CCCC(c2cc(-c3ccccc3)cc(-n3c4ccccc4c4c5c(ccc43)-n3c4ccccc4c4cccc(c43)-c3ccccc3-5)c2)=C1.CC. The molecule has 1 aliphatic carbocycles. The summed E-state index contributed by atoms with van der Waals surface area (Å²) in [4.78, 5) is 0. The number of benzene rings is 7. The molecule has 0 amide bonds. The molecule has 2 nitrogen and oxygen atoms in total. The molecule has 248 valence electrons. The van der Waals surface area contributed by atoms with Crippen molar-refractivity contribution in [1.82, 2.24) is 9.13 Å². The Hall–Kier alpha value is -6.38. The number of nitrogens with zero attached hydrogens (tertiary/aromatic N) is 2. The second-order valence-corrected chi connectivity index (χ2v) is 13.6. The Balaban J connectivity index is 0.00000166. The van der Waals surface area contributed by atoms with Gasteiger partial charge in [-0.3, -0.25) is 0 Å². The Morgan fingerprint density at radius 3 is 1.96 bits per heavy atom. The zero-order valence-corrected chi connectivity index (χ0v) is 29.5. The van der Waals surface area contributed by atoms with Gasteiger partial charge in [-0.15, -0.1) is 0 Å². The molecule has 0 saturated heterocycles. The quantitative estimate of drug-likeness (QED) is 0.178. The number of fused-ring (bicyclic) bond motifs is 12. The fourth-order valence-corrected chi connectivity index (χ4v) is 8.77. The van der Waals surface area contributed by atoms with E-state index in [-0.39, 0.29) is 0 Å². The van der Waals surface area contributed by atoms with Gasteiger partial charge in [-0.1, -0.05) is 141 Å². The van der Waals surface area contributed by atoms with Crippen molar-refractivity contribution >= 4 is 49.2 Å². The summed E-state index contributed by atoms with van der Waals surface area (Å²) in [6, 6.07) is 56.4. The van der Waals surface area contributed by atoms with Crippen LogP contribution in [-0.4, -0.2) is 9.13 Å². The Morgan fingerprint density at radius 1 is 0.481 bits per heavy atom. The van der Waals surface area contributed by atoms with E-state index in [4.69, 9.17) is 0 Å². The minimum atomic E-state index is 1.05. The van der Waals surface area contributed by atoms with E-state index in [9.17, 15) is 0 Å². The van der Waals surface area contributed by atoms with Crippen molar-refractivity contribution in [3.05, 3.63) is 175 Å². The molecule has 0 unspecified atom stereocenters. The highest BCUT2D eigenvalue weighted by Gasteiger charge is 2.28. The lowest BCUT2D eigenvalue weighted by molar-refractivity contribution is 1.05. The summed E-state index contributed by atoms with van der Waals surface area (Å²) < 4.78 is 5.03. The van der Waals surface area contributed by atoms with Gasteiger partial charge in [0.15, 0.2) is 0 Å². The van der Waals surface area contributed by atoms with E-state index < -0.39 is 0 Å². The van der Waals surface area contributed by atoms with Gasteiger partial charge in [-0.05, 0) is 88.7 Å². The predicted octanol–water partition coefficient (Wildman–Crippen LogP) is 14.0. The van der Waals surface area contributed by atoms with Gasteiger partial charge in [0.1, 0.15) is 0 Å². The normalized spacial score (nSPS) is 13.1. The average molecular weight is 667 g/mol. The Bertz CT molecular complexity index is 2910. The van der Waals surface area contributed by atoms with Gasteiger partial charge in [-0.2, -0.15) is 0 Å². The van der Waals surface area contributed by atoms with Crippen LogP contribution in [0.4, 0.5) is 0 Å². The van der Waals surface area contributed by atoms with Crippen molar-refractivity contribution in [1.29, 1.82) is 0 Å². The molecule has 2 aliphatic rings. The van der Waals surface area contributed by atoms with Crippen LogP contribution in [0.25, 0.3) is 93.9 Å². The molecule has 0 spiro atoms. The Morgan fingerprint density at radius 2 is 1.15 bits per heavy atom. The van der Waals surface area contributed by atoms with Gasteiger partial charge >= 0.3 is 0 Å². The summed E-state index contributed by atoms with van der Waals surface area (Å²) in [5.74, 6) is 0. The molecule has 0 N–H and O–H groups in total. The third kappa shape index (κ3) is 4.44. The van der Waals surface area contributed by atoms with Crippen LogP contribution in [-0.2, 0) is 0 Å². The smallest absolute Gasteiger partial charge is 0.0619 e. The van der Waals surface area contributed by atoms with E-state index in [1.165, 1.54) is 99.5 Å². The molecule has 0 radical (unpaired) electrons. The van der Waals surface area contributed by atoms with Crippen LogP contribution < -0.4 is 0 Å². The zero-order chi connectivity index (χ0) is 34.8. The first-order valence-corrected chi connectivity index (χ1v) is 18.6. The molecule has 2 heteroatoms. The molecule has 0 bridgehead atoms. The third-order valence-electron chi connectivity index (χ3n) is 10.9. The standard InChI is InChI=1S/C48H32N2.C2H6/c1-3-14-31(15-4-1)33-28-34(32-16-5-2-6-17-32)30-35(29-33)49-43-25-12-10-21-41(43)47-44(49)26-27-45-46(47)38-20-8-7-18-36(38)39-22-13-23-40-37-19-9-11-24-42(37)50(45)48(39)40;1-2/h1-5,7-16,18-30H,6,17H2;1-2H3. The monoisotopic (exact) mass is 666 g/mol. The van der Waals surface area contributed by atoms with E-state index in [2.05, 4.69) is 179 Å². The molecule has 0 atom stereocenters. The van der Waals surface area contributed by atoms with Gasteiger partial charge in [0.05, 0.1) is 27.8 Å². The Kier molecular flexibility index (Phi) is 7.11. The van der Waals surface area contributed by atoms with Gasteiger partial charge in [0.2, 0.25) is 0 Å². The van der Waals surface area contributed by atoms with E-state index in [0.717, 1.165) is 12.8 Å². The number of aromatic nitrogens is 2. The topological polar surface area (TPSA) is 9.86 Å². The zero-order valence-electron chi connectivity index (χ0n) is 29.5. The first kappa shape index (κ1) is 30.4. The molecule has 52 heavy (non-hydrogen) atoms. The number of rotatable bonds is 3. The first-order chi connectivity index (χ1) is 25.8. The molecule has 9 aromatic rings. The second-order valence-electron chi connectivity index (χ2n) is 13.6. The summed E-state index contributed by atoms with van der Waals surface area (Å²) in [5, 5.41) is 5.13. The number of hydrogen-bond donors (Lipinski definition) is 0. The fraction of sp³-hybridized carbons (Fsp3) is 0.0800. The van der Waals surface area contributed by atoms with Crippen molar-refractivity contribution in [3.63, 3.8) is 0 Å². The minimum Gasteiger partial charge on any atom is -0.309 e. The van der Waals surface area contributed by atoms with E-state index >= 15 is 0 Å². The average Bonchev–Trinajstić information content (AvgIpc) is 3.71. The lowest BCUT2D eigenvalue weighted by Gasteiger charge is -2.17. The highest BCUT2D eigenvalue weighted by Crippen LogP contribution is 2.50. The van der Waals surface area contributed by atoms with Crippen LogP contribution in [0.1, 0.15) is 32.3 Å². The number of allylic oxidation sites excluding steroid dienone is 4. The lowest BCUT2D eigenvalue weighted by Crippen LogP contribution is -1.99. The third-order valence-corrected chi connectivity index (χ3v) is 10.9. The summed E-state index contributed by atoms with van der Waals surface area (Å²) in [5.41, 5.74) is 17.6. The highest BCUT2D eigenvalue weighted by atomic mass is 15.0. The van der Waals surface area contributed by atoms with Gasteiger partial charge in [0.25, 0.3) is 0 Å². The highest BCUT2D eigenvalue weighted by molar-refractivity contribution is 6.22. The maximum atomic E-state index is 2.53.